The third-order valence-electron chi connectivity index (χ3n) is 4.36. The Kier molecular flexibility index (Phi) is 4.64. The summed E-state index contributed by atoms with van der Waals surface area (Å²) in [5.41, 5.74) is 1.04. The fourth-order valence-electron chi connectivity index (χ4n) is 3.21. The highest BCUT2D eigenvalue weighted by atomic mass is 35.5. The molecule has 2 unspecified atom stereocenters. The van der Waals surface area contributed by atoms with E-state index in [1.165, 1.54) is 0 Å². The van der Waals surface area contributed by atoms with Gasteiger partial charge in [-0.3, -0.25) is 9.59 Å². The highest BCUT2D eigenvalue weighted by molar-refractivity contribution is 6.30. The quantitative estimate of drug-likeness (QED) is 0.864. The minimum atomic E-state index is -0.200. The first kappa shape index (κ1) is 15.3. The lowest BCUT2D eigenvalue weighted by molar-refractivity contribution is -0.143. The van der Waals surface area contributed by atoms with Crippen molar-refractivity contribution in [1.82, 2.24) is 15.5 Å². The van der Waals surface area contributed by atoms with Crippen molar-refractivity contribution in [3.63, 3.8) is 0 Å². The van der Waals surface area contributed by atoms with Crippen molar-refractivity contribution in [3.8, 4) is 0 Å². The molecule has 2 aliphatic heterocycles. The predicted molar refractivity (Wildman–Crippen MR) is 84.5 cm³/mol. The third kappa shape index (κ3) is 3.25. The van der Waals surface area contributed by atoms with Crippen molar-refractivity contribution in [2.75, 3.05) is 26.2 Å². The lowest BCUT2D eigenvalue weighted by atomic mass is 9.93. The van der Waals surface area contributed by atoms with Gasteiger partial charge in [0.2, 0.25) is 11.8 Å². The van der Waals surface area contributed by atoms with Crippen molar-refractivity contribution >= 4 is 23.4 Å². The first-order valence-corrected chi connectivity index (χ1v) is 8.06. The number of rotatable bonds is 2. The van der Waals surface area contributed by atoms with Gasteiger partial charge in [-0.25, -0.2) is 0 Å². The van der Waals surface area contributed by atoms with Gasteiger partial charge in [0.15, 0.2) is 0 Å². The maximum absolute atomic E-state index is 12.9. The minimum absolute atomic E-state index is 0.0232. The van der Waals surface area contributed by atoms with Crippen LogP contribution in [0.3, 0.4) is 0 Å². The molecule has 0 radical (unpaired) electrons. The molecule has 0 aliphatic carbocycles. The van der Waals surface area contributed by atoms with Crippen LogP contribution < -0.4 is 10.6 Å². The number of piperidine rings is 1. The molecule has 22 heavy (non-hydrogen) atoms. The second-order valence-electron chi connectivity index (χ2n) is 5.85. The van der Waals surface area contributed by atoms with Gasteiger partial charge in [-0.05, 0) is 24.1 Å². The van der Waals surface area contributed by atoms with Gasteiger partial charge >= 0.3 is 0 Å². The molecule has 0 bridgehead atoms. The summed E-state index contributed by atoms with van der Waals surface area (Å²) >= 11 is 6.08. The molecule has 118 valence electrons. The Morgan fingerprint density at radius 3 is 2.95 bits per heavy atom. The van der Waals surface area contributed by atoms with Gasteiger partial charge in [0.25, 0.3) is 0 Å². The number of halogens is 1. The molecule has 2 saturated heterocycles. The molecule has 3 rings (SSSR count). The van der Waals surface area contributed by atoms with E-state index >= 15 is 0 Å². The Bertz CT molecular complexity index is 578. The first-order valence-electron chi connectivity index (χ1n) is 7.68. The summed E-state index contributed by atoms with van der Waals surface area (Å²) in [6.07, 6.45) is 1.02. The first-order chi connectivity index (χ1) is 10.6. The van der Waals surface area contributed by atoms with Gasteiger partial charge in [-0.1, -0.05) is 23.7 Å². The molecule has 1 aromatic rings. The summed E-state index contributed by atoms with van der Waals surface area (Å²) in [5, 5.41) is 6.79. The van der Waals surface area contributed by atoms with E-state index in [-0.39, 0.29) is 23.8 Å². The maximum atomic E-state index is 12.9. The molecule has 2 fully saturated rings. The molecule has 2 amide bonds. The van der Waals surface area contributed by atoms with E-state index in [0.717, 1.165) is 18.5 Å². The maximum Gasteiger partial charge on any atom is 0.226 e. The van der Waals surface area contributed by atoms with Gasteiger partial charge in [0.1, 0.15) is 0 Å². The molecule has 0 spiro atoms. The standard InChI is InChI=1S/C16H20ClN3O2/c17-13-3-1-2-11(8-13)14-10-18-6-7-20(14)16(22)12-4-5-19-15(21)9-12/h1-3,8,12,14,18H,4-7,9-10H2,(H,19,21). The largest absolute Gasteiger partial charge is 0.356 e. The molecule has 0 saturated carbocycles. The Balaban J connectivity index is 1.80. The molecule has 2 aliphatic rings. The van der Waals surface area contributed by atoms with Crippen LogP contribution in [0.4, 0.5) is 0 Å². The summed E-state index contributed by atoms with van der Waals surface area (Å²) in [6.45, 7) is 2.74. The highest BCUT2D eigenvalue weighted by Gasteiger charge is 2.34. The molecule has 2 N–H and O–H groups in total. The van der Waals surface area contributed by atoms with Gasteiger partial charge in [0.05, 0.1) is 6.04 Å². The molecular formula is C16H20ClN3O2. The zero-order valence-corrected chi connectivity index (χ0v) is 13.1. The number of carbonyl (C=O) groups excluding carboxylic acids is 2. The van der Waals surface area contributed by atoms with Crippen LogP contribution in [-0.2, 0) is 9.59 Å². The van der Waals surface area contributed by atoms with Crippen LogP contribution in [0.5, 0.6) is 0 Å². The molecule has 5 nitrogen and oxygen atoms in total. The average Bonchev–Trinajstić information content (AvgIpc) is 2.54. The van der Waals surface area contributed by atoms with Crippen LogP contribution in [0.15, 0.2) is 24.3 Å². The van der Waals surface area contributed by atoms with Crippen molar-refractivity contribution in [2.24, 2.45) is 5.92 Å². The van der Waals surface area contributed by atoms with Crippen LogP contribution in [0.25, 0.3) is 0 Å². The second-order valence-corrected chi connectivity index (χ2v) is 6.28. The Hall–Kier alpha value is -1.59. The lowest BCUT2D eigenvalue weighted by Crippen LogP contribution is -2.52. The highest BCUT2D eigenvalue weighted by Crippen LogP contribution is 2.28. The van der Waals surface area contributed by atoms with Crippen molar-refractivity contribution in [3.05, 3.63) is 34.9 Å². The van der Waals surface area contributed by atoms with Crippen LogP contribution in [0, 0.1) is 5.92 Å². The zero-order valence-electron chi connectivity index (χ0n) is 12.3. The van der Waals surface area contributed by atoms with E-state index in [2.05, 4.69) is 10.6 Å². The summed E-state index contributed by atoms with van der Waals surface area (Å²) < 4.78 is 0. The normalized spacial score (nSPS) is 25.7. The Morgan fingerprint density at radius 2 is 2.18 bits per heavy atom. The van der Waals surface area contributed by atoms with E-state index in [4.69, 9.17) is 11.6 Å². The zero-order chi connectivity index (χ0) is 15.5. The number of carbonyl (C=O) groups is 2. The Labute approximate surface area is 135 Å². The number of nitrogens with one attached hydrogen (secondary N) is 2. The van der Waals surface area contributed by atoms with Gasteiger partial charge in [-0.2, -0.15) is 0 Å². The van der Waals surface area contributed by atoms with Gasteiger partial charge in [-0.15, -0.1) is 0 Å². The minimum Gasteiger partial charge on any atom is -0.356 e. The van der Waals surface area contributed by atoms with E-state index in [0.29, 0.717) is 31.1 Å². The van der Waals surface area contributed by atoms with E-state index in [1.54, 1.807) is 0 Å². The van der Waals surface area contributed by atoms with Crippen LogP contribution in [0.1, 0.15) is 24.4 Å². The monoisotopic (exact) mass is 321 g/mol. The van der Waals surface area contributed by atoms with E-state index in [9.17, 15) is 9.59 Å². The van der Waals surface area contributed by atoms with Crippen molar-refractivity contribution < 1.29 is 9.59 Å². The fourth-order valence-corrected chi connectivity index (χ4v) is 3.41. The number of benzene rings is 1. The molecule has 1 aromatic carbocycles. The average molecular weight is 322 g/mol. The molecule has 0 aromatic heterocycles. The van der Waals surface area contributed by atoms with E-state index < -0.39 is 0 Å². The van der Waals surface area contributed by atoms with Crippen LogP contribution in [0.2, 0.25) is 5.02 Å². The summed E-state index contributed by atoms with van der Waals surface area (Å²) in [5.74, 6) is -0.145. The van der Waals surface area contributed by atoms with Crippen molar-refractivity contribution in [2.45, 2.75) is 18.9 Å². The van der Waals surface area contributed by atoms with E-state index in [1.807, 2.05) is 29.2 Å². The SMILES string of the molecule is O=C1CC(C(=O)N2CCNCC2c2cccc(Cl)c2)CCN1. The molecule has 6 heteroatoms. The molecule has 2 atom stereocenters. The Morgan fingerprint density at radius 1 is 1.32 bits per heavy atom. The smallest absolute Gasteiger partial charge is 0.226 e. The summed E-state index contributed by atoms with van der Waals surface area (Å²) in [6, 6.07) is 7.62. The van der Waals surface area contributed by atoms with Gasteiger partial charge < -0.3 is 15.5 Å². The summed E-state index contributed by atoms with van der Waals surface area (Å²) in [4.78, 5) is 26.3. The van der Waals surface area contributed by atoms with Crippen molar-refractivity contribution in [1.29, 1.82) is 0 Å². The predicted octanol–water partition coefficient (Wildman–Crippen LogP) is 1.34. The number of hydrogen-bond donors (Lipinski definition) is 2. The molecular weight excluding hydrogens is 302 g/mol. The molecule has 2 heterocycles. The topological polar surface area (TPSA) is 61.4 Å². The summed E-state index contributed by atoms with van der Waals surface area (Å²) in [7, 11) is 0. The fraction of sp³-hybridized carbons (Fsp3) is 0.500. The van der Waals surface area contributed by atoms with Crippen LogP contribution in [-0.4, -0.2) is 42.9 Å². The third-order valence-corrected chi connectivity index (χ3v) is 4.59. The number of nitrogens with zero attached hydrogens (tertiary/aromatic N) is 1. The number of hydrogen-bond acceptors (Lipinski definition) is 3. The number of piperazine rings is 1. The second kappa shape index (κ2) is 6.67. The van der Waals surface area contributed by atoms with Crippen LogP contribution >= 0.6 is 11.6 Å². The van der Waals surface area contributed by atoms with Gasteiger partial charge in [0, 0.05) is 43.5 Å². The lowest BCUT2D eigenvalue weighted by Gasteiger charge is -2.39. The number of amides is 2.